The molecule has 4 heteroatoms. The Morgan fingerprint density at radius 2 is 1.95 bits per heavy atom. The van der Waals surface area contributed by atoms with Crippen LogP contribution in [0.15, 0.2) is 47.5 Å². The number of esters is 1. The Morgan fingerprint density at radius 3 is 2.73 bits per heavy atom. The lowest BCUT2D eigenvalue weighted by atomic mass is 10.1. The summed E-state index contributed by atoms with van der Waals surface area (Å²) in [5.41, 5.74) is 1.00. The number of fused-ring (bicyclic) bond motifs is 1. The number of rotatable bonds is 3. The van der Waals surface area contributed by atoms with E-state index in [1.807, 2.05) is 49.9 Å². The molecule has 0 aliphatic carbocycles. The number of amidine groups is 1. The summed E-state index contributed by atoms with van der Waals surface area (Å²) < 4.78 is 5.33. The van der Waals surface area contributed by atoms with Crippen molar-refractivity contribution in [2.45, 2.75) is 32.9 Å². The predicted molar refractivity (Wildman–Crippen MR) is 89.4 cm³/mol. The van der Waals surface area contributed by atoms with E-state index >= 15 is 0 Å². The highest BCUT2D eigenvalue weighted by Gasteiger charge is 2.31. The number of nitrogens with zero attached hydrogens (tertiary/aromatic N) is 2. The first-order valence-corrected chi connectivity index (χ1v) is 7.60. The maximum absolute atomic E-state index is 12.3. The van der Waals surface area contributed by atoms with Crippen LogP contribution in [-0.2, 0) is 9.53 Å². The summed E-state index contributed by atoms with van der Waals surface area (Å²) in [4.78, 5) is 18.8. The van der Waals surface area contributed by atoms with Crippen LogP contribution in [0.1, 0.15) is 20.8 Å². The van der Waals surface area contributed by atoms with Gasteiger partial charge in [0.1, 0.15) is 0 Å². The van der Waals surface area contributed by atoms with Crippen molar-refractivity contribution < 1.29 is 9.53 Å². The van der Waals surface area contributed by atoms with Gasteiger partial charge in [0.05, 0.1) is 17.8 Å². The predicted octanol–water partition coefficient (Wildman–Crippen LogP) is 3.40. The topological polar surface area (TPSA) is 41.9 Å². The van der Waals surface area contributed by atoms with E-state index in [0.717, 1.165) is 16.5 Å². The van der Waals surface area contributed by atoms with Gasteiger partial charge in [-0.25, -0.2) is 4.79 Å². The summed E-state index contributed by atoms with van der Waals surface area (Å²) in [6.45, 7) is 6.39. The zero-order valence-corrected chi connectivity index (χ0v) is 13.1. The van der Waals surface area contributed by atoms with Gasteiger partial charge >= 0.3 is 5.97 Å². The molecule has 2 aromatic rings. The maximum atomic E-state index is 12.3. The number of aliphatic imine (C=N–C) groups is 1. The first-order chi connectivity index (χ1) is 10.6. The van der Waals surface area contributed by atoms with Crippen molar-refractivity contribution in [1.29, 1.82) is 0 Å². The van der Waals surface area contributed by atoms with Crippen LogP contribution in [0, 0.1) is 0 Å². The summed E-state index contributed by atoms with van der Waals surface area (Å²) in [6.07, 6.45) is -0.152. The highest BCUT2D eigenvalue weighted by molar-refractivity contribution is 6.42. The highest BCUT2D eigenvalue weighted by Crippen LogP contribution is 2.29. The molecule has 1 atom stereocenters. The summed E-state index contributed by atoms with van der Waals surface area (Å²) in [5.74, 6) is 0.0461. The van der Waals surface area contributed by atoms with Crippen LogP contribution in [0.5, 0.6) is 0 Å². The van der Waals surface area contributed by atoms with E-state index in [1.54, 1.807) is 0 Å². The fourth-order valence-corrected chi connectivity index (χ4v) is 2.76. The molecule has 0 spiro atoms. The minimum atomic E-state index is -0.354. The Morgan fingerprint density at radius 1 is 1.23 bits per heavy atom. The third-order valence-corrected chi connectivity index (χ3v) is 3.63. The van der Waals surface area contributed by atoms with Gasteiger partial charge < -0.3 is 9.64 Å². The van der Waals surface area contributed by atoms with E-state index in [2.05, 4.69) is 23.2 Å². The molecule has 2 aromatic carbocycles. The Balaban J connectivity index is 2.02. The second-order valence-corrected chi connectivity index (χ2v) is 5.86. The Kier molecular flexibility index (Phi) is 3.84. The third-order valence-electron chi connectivity index (χ3n) is 3.63. The van der Waals surface area contributed by atoms with Crippen molar-refractivity contribution in [1.82, 2.24) is 0 Å². The van der Waals surface area contributed by atoms with Crippen molar-refractivity contribution in [2.75, 3.05) is 11.4 Å². The lowest BCUT2D eigenvalue weighted by Gasteiger charge is -2.22. The van der Waals surface area contributed by atoms with Gasteiger partial charge in [-0.1, -0.05) is 36.4 Å². The molecule has 114 valence electrons. The molecule has 0 saturated heterocycles. The number of anilines is 1. The van der Waals surface area contributed by atoms with E-state index in [0.29, 0.717) is 12.4 Å². The summed E-state index contributed by atoms with van der Waals surface area (Å²) in [6, 6.07) is 14.3. The molecule has 3 rings (SSSR count). The monoisotopic (exact) mass is 296 g/mol. The molecule has 0 N–H and O–H groups in total. The quantitative estimate of drug-likeness (QED) is 0.815. The first-order valence-electron chi connectivity index (χ1n) is 7.60. The number of carbonyl (C=O) groups is 1. The number of hydrogen-bond donors (Lipinski definition) is 0. The molecule has 1 aliphatic heterocycles. The number of ether oxygens (including phenoxy) is 1. The van der Waals surface area contributed by atoms with E-state index < -0.39 is 0 Å². The Hall–Kier alpha value is -2.36. The molecule has 1 aliphatic rings. The van der Waals surface area contributed by atoms with Crippen LogP contribution < -0.4 is 4.90 Å². The standard InChI is InChI=1S/C18H20N2O2/c1-12(2)22-18(21)17-19-13(3)11-20(17)16-10-6-8-14-7-4-5-9-15(14)16/h4-10,12-13H,11H2,1-3H3/t13-/m0/s1. The fraction of sp³-hybridized carbons (Fsp3) is 0.333. The van der Waals surface area contributed by atoms with E-state index in [9.17, 15) is 4.79 Å². The normalized spacial score (nSPS) is 17.9. The molecule has 0 bridgehead atoms. The van der Waals surface area contributed by atoms with Crippen molar-refractivity contribution in [3.8, 4) is 0 Å². The SMILES string of the molecule is CC(C)OC(=O)C1=N[C@@H](C)CN1c1cccc2ccccc12. The molecule has 1 heterocycles. The molecule has 0 amide bonds. The number of hydrogen-bond acceptors (Lipinski definition) is 4. The van der Waals surface area contributed by atoms with E-state index in [-0.39, 0.29) is 18.1 Å². The second kappa shape index (κ2) is 5.79. The Bertz CT molecular complexity index is 731. The first kappa shape index (κ1) is 14.6. The molecule has 0 saturated carbocycles. The van der Waals surface area contributed by atoms with Gasteiger partial charge in [0, 0.05) is 11.9 Å². The van der Waals surface area contributed by atoms with Crippen molar-refractivity contribution in [3.05, 3.63) is 42.5 Å². The van der Waals surface area contributed by atoms with Crippen LogP contribution in [0.25, 0.3) is 10.8 Å². The van der Waals surface area contributed by atoms with Gasteiger partial charge in [-0.2, -0.15) is 0 Å². The van der Waals surface area contributed by atoms with Crippen LogP contribution in [0.2, 0.25) is 0 Å². The van der Waals surface area contributed by atoms with Gasteiger partial charge in [0.25, 0.3) is 0 Å². The smallest absolute Gasteiger partial charge is 0.374 e. The minimum Gasteiger partial charge on any atom is -0.457 e. The van der Waals surface area contributed by atoms with Crippen LogP contribution in [0.3, 0.4) is 0 Å². The van der Waals surface area contributed by atoms with Crippen molar-refractivity contribution in [3.63, 3.8) is 0 Å². The molecule has 0 radical (unpaired) electrons. The maximum Gasteiger partial charge on any atom is 0.374 e. The van der Waals surface area contributed by atoms with Crippen LogP contribution >= 0.6 is 0 Å². The van der Waals surface area contributed by atoms with Gasteiger partial charge in [-0.05, 0) is 32.2 Å². The van der Waals surface area contributed by atoms with E-state index in [1.165, 1.54) is 0 Å². The molecule has 22 heavy (non-hydrogen) atoms. The second-order valence-electron chi connectivity index (χ2n) is 5.86. The molecule has 0 unspecified atom stereocenters. The summed E-state index contributed by atoms with van der Waals surface area (Å²) in [5, 5.41) is 2.26. The zero-order valence-electron chi connectivity index (χ0n) is 13.1. The minimum absolute atomic E-state index is 0.0775. The Labute approximate surface area is 130 Å². The largest absolute Gasteiger partial charge is 0.457 e. The van der Waals surface area contributed by atoms with Gasteiger partial charge in [-0.15, -0.1) is 0 Å². The summed E-state index contributed by atoms with van der Waals surface area (Å²) in [7, 11) is 0. The number of benzene rings is 2. The average Bonchev–Trinajstić information content (AvgIpc) is 2.88. The zero-order chi connectivity index (χ0) is 15.7. The lowest BCUT2D eigenvalue weighted by molar-refractivity contribution is -0.139. The van der Waals surface area contributed by atoms with Gasteiger partial charge in [-0.3, -0.25) is 4.99 Å². The molecular weight excluding hydrogens is 276 g/mol. The average molecular weight is 296 g/mol. The molecule has 0 fully saturated rings. The fourth-order valence-electron chi connectivity index (χ4n) is 2.76. The lowest BCUT2D eigenvalue weighted by Crippen LogP contribution is -2.36. The van der Waals surface area contributed by atoms with Gasteiger partial charge in [0.2, 0.25) is 5.84 Å². The molecule has 4 nitrogen and oxygen atoms in total. The van der Waals surface area contributed by atoms with Gasteiger partial charge in [0.15, 0.2) is 0 Å². The highest BCUT2D eigenvalue weighted by atomic mass is 16.5. The van der Waals surface area contributed by atoms with E-state index in [4.69, 9.17) is 4.74 Å². The van der Waals surface area contributed by atoms with Crippen LogP contribution in [-0.4, -0.2) is 30.5 Å². The molecule has 0 aromatic heterocycles. The summed E-state index contributed by atoms with van der Waals surface area (Å²) >= 11 is 0. The third kappa shape index (κ3) is 2.69. The van der Waals surface area contributed by atoms with Crippen molar-refractivity contribution >= 4 is 28.3 Å². The molecular formula is C18H20N2O2. The van der Waals surface area contributed by atoms with Crippen LogP contribution in [0.4, 0.5) is 5.69 Å². The van der Waals surface area contributed by atoms with Crippen molar-refractivity contribution in [2.24, 2.45) is 4.99 Å². The number of carbonyl (C=O) groups excluding carboxylic acids is 1.